The zero-order valence-corrected chi connectivity index (χ0v) is 42.1. The Labute approximate surface area is 383 Å². The molecule has 0 fully saturated rings. The molecule has 0 aliphatic rings. The van der Waals surface area contributed by atoms with E-state index in [1.165, 1.54) is 0 Å². The lowest BCUT2D eigenvalue weighted by Gasteiger charge is -2.22. The molecule has 0 bridgehead atoms. The van der Waals surface area contributed by atoms with Gasteiger partial charge in [0, 0.05) is 69.1 Å². The highest BCUT2D eigenvalue weighted by Gasteiger charge is 2.23. The second-order valence-electron chi connectivity index (χ2n) is 18.4. The molecule has 0 aliphatic heterocycles. The maximum absolute atomic E-state index is 11.8. The van der Waals surface area contributed by atoms with Crippen molar-refractivity contribution in [1.29, 1.82) is 0 Å². The molecule has 3 unspecified atom stereocenters. The second-order valence-corrected chi connectivity index (χ2v) is 18.4. The van der Waals surface area contributed by atoms with E-state index in [1.54, 1.807) is 83.1 Å². The van der Waals surface area contributed by atoms with Crippen molar-refractivity contribution < 1.29 is 57.4 Å². The van der Waals surface area contributed by atoms with Crippen molar-refractivity contribution in [2.24, 2.45) is 47.3 Å². The summed E-state index contributed by atoms with van der Waals surface area (Å²) in [5.41, 5.74) is 0. The van der Waals surface area contributed by atoms with Gasteiger partial charge in [-0.25, -0.2) is 0 Å². The minimum atomic E-state index is -0.784. The molecule has 0 aliphatic carbocycles. The van der Waals surface area contributed by atoms with Crippen molar-refractivity contribution in [2.75, 3.05) is 39.4 Å². The van der Waals surface area contributed by atoms with Gasteiger partial charge in [-0.1, -0.05) is 111 Å². The molecule has 0 saturated heterocycles. The normalized spacial score (nSPS) is 12.3. The van der Waals surface area contributed by atoms with Gasteiger partial charge in [-0.2, -0.15) is 0 Å². The van der Waals surface area contributed by atoms with Crippen LogP contribution in [0.15, 0.2) is 0 Å². The van der Waals surface area contributed by atoms with Crippen LogP contribution in [0.5, 0.6) is 0 Å². The number of amides is 6. The fourth-order valence-corrected chi connectivity index (χ4v) is 4.45. The summed E-state index contributed by atoms with van der Waals surface area (Å²) in [4.78, 5) is 105. The van der Waals surface area contributed by atoms with Gasteiger partial charge >= 0.3 is 17.9 Å². The van der Waals surface area contributed by atoms with Crippen LogP contribution < -0.4 is 31.9 Å². The third-order valence-electron chi connectivity index (χ3n) is 8.42. The van der Waals surface area contributed by atoms with Gasteiger partial charge in [0.2, 0.25) is 35.4 Å². The Morgan fingerprint density at radius 2 is 0.797 bits per heavy atom. The van der Waals surface area contributed by atoms with Crippen LogP contribution in [0, 0.1) is 47.3 Å². The van der Waals surface area contributed by atoms with Crippen molar-refractivity contribution in [2.45, 2.75) is 155 Å². The molecular formula is C46H86N6O12. The van der Waals surface area contributed by atoms with Gasteiger partial charge in [0.05, 0.1) is 23.9 Å². The molecule has 372 valence electrons. The average molecular weight is 915 g/mol. The first-order valence-electron chi connectivity index (χ1n) is 22.8. The number of ether oxygens (including phenoxy) is 3. The summed E-state index contributed by atoms with van der Waals surface area (Å²) < 4.78 is 15.3. The molecule has 0 radical (unpaired) electrons. The molecule has 0 aromatic rings. The minimum Gasteiger partial charge on any atom is -0.462 e. The van der Waals surface area contributed by atoms with E-state index < -0.39 is 12.1 Å². The van der Waals surface area contributed by atoms with E-state index in [0.29, 0.717) is 26.1 Å². The van der Waals surface area contributed by atoms with Gasteiger partial charge < -0.3 is 46.1 Å². The van der Waals surface area contributed by atoms with E-state index in [1.807, 2.05) is 34.6 Å². The average Bonchev–Trinajstić information content (AvgIpc) is 3.17. The molecule has 0 heterocycles. The zero-order valence-electron chi connectivity index (χ0n) is 42.1. The number of nitrogens with one attached hydrogen (secondary N) is 6. The number of hydrogen-bond acceptors (Lipinski definition) is 12. The summed E-state index contributed by atoms with van der Waals surface area (Å²) in [5, 5.41) is 16.7. The summed E-state index contributed by atoms with van der Waals surface area (Å²) in [6.45, 7) is 31.9. The van der Waals surface area contributed by atoms with Crippen molar-refractivity contribution in [3.63, 3.8) is 0 Å². The smallest absolute Gasteiger partial charge is 0.308 e. The Kier molecular flexibility index (Phi) is 35.3. The van der Waals surface area contributed by atoms with Crippen molar-refractivity contribution in [3.8, 4) is 0 Å². The van der Waals surface area contributed by atoms with Crippen LogP contribution in [-0.2, 0) is 57.4 Å². The number of hydrogen-bond donors (Lipinski definition) is 6. The SMILES string of the molecule is CC(C)CC(=O)NCC(CNC(=O)C(C)C)NC(=O)C(C)C.CC(C)CC(=O)OCC(COC(=O)C(C)C)OC(=O)C(C)C.CCNC(=O)CC(CNC(=O)C(C)C)NC(=O)C(C)C. The van der Waals surface area contributed by atoms with Gasteiger partial charge in [0.15, 0.2) is 6.10 Å². The van der Waals surface area contributed by atoms with Crippen molar-refractivity contribution in [1.82, 2.24) is 31.9 Å². The molecule has 6 amide bonds. The van der Waals surface area contributed by atoms with E-state index in [2.05, 4.69) is 31.9 Å². The van der Waals surface area contributed by atoms with Gasteiger partial charge in [0.1, 0.15) is 13.2 Å². The maximum Gasteiger partial charge on any atom is 0.308 e. The molecule has 64 heavy (non-hydrogen) atoms. The summed E-state index contributed by atoms with van der Waals surface area (Å²) in [7, 11) is 0. The first kappa shape index (κ1) is 63.5. The Balaban J connectivity index is -0.000000873. The van der Waals surface area contributed by atoms with E-state index in [0.717, 1.165) is 0 Å². The first-order chi connectivity index (χ1) is 29.5. The Bertz CT molecular complexity index is 1360. The Morgan fingerprint density at radius 3 is 1.20 bits per heavy atom. The molecule has 18 nitrogen and oxygen atoms in total. The summed E-state index contributed by atoms with van der Waals surface area (Å²) in [6, 6.07) is -0.701. The maximum atomic E-state index is 11.8. The van der Waals surface area contributed by atoms with Crippen LogP contribution in [0.4, 0.5) is 0 Å². The largest absolute Gasteiger partial charge is 0.462 e. The fraction of sp³-hybridized carbons (Fsp3) is 0.804. The van der Waals surface area contributed by atoms with Crippen molar-refractivity contribution >= 4 is 53.4 Å². The number of esters is 3. The quantitative estimate of drug-likeness (QED) is 0.0535. The first-order valence-corrected chi connectivity index (χ1v) is 22.8. The standard InChI is InChI=1S/C16H31N3O3.C16H28O6.C14H27N3O3/c1-10(2)7-14(20)17-8-13(19-16(22)12(5)6)9-18-15(21)11(3)4;1-10(2)7-14(17)20-8-13(22-16(19)12(5)6)9-21-15(18)11(3)4;1-6-15-12(18)7-11(17-14(20)10(4)5)8-16-13(19)9(2)3/h10-13H,7-9H2,1-6H3,(H,17,20)(H,18,21)(H,19,22);10-13H,7-9H2,1-6H3;9-11H,6-8H2,1-5H3,(H,15,18)(H,16,19)(H,17,20). The molecule has 0 aromatic heterocycles. The van der Waals surface area contributed by atoms with Crippen LogP contribution in [0.3, 0.4) is 0 Å². The van der Waals surface area contributed by atoms with E-state index in [9.17, 15) is 43.2 Å². The van der Waals surface area contributed by atoms with Crippen molar-refractivity contribution in [3.05, 3.63) is 0 Å². The molecule has 6 N–H and O–H groups in total. The van der Waals surface area contributed by atoms with Gasteiger partial charge in [-0.3, -0.25) is 43.2 Å². The Morgan fingerprint density at radius 1 is 0.406 bits per heavy atom. The number of rotatable bonds is 26. The summed E-state index contributed by atoms with van der Waals surface area (Å²) in [5.74, 6) is -2.41. The summed E-state index contributed by atoms with van der Waals surface area (Å²) >= 11 is 0. The highest BCUT2D eigenvalue weighted by Crippen LogP contribution is 2.08. The fourth-order valence-electron chi connectivity index (χ4n) is 4.45. The number of carbonyl (C=O) groups is 9. The van der Waals surface area contributed by atoms with Crippen LogP contribution in [0.25, 0.3) is 0 Å². The second kappa shape index (κ2) is 35.6. The Hall–Kier alpha value is -4.77. The predicted octanol–water partition coefficient (Wildman–Crippen LogP) is 3.83. The van der Waals surface area contributed by atoms with Crippen LogP contribution in [-0.4, -0.2) is 111 Å². The number of carbonyl (C=O) groups excluding carboxylic acids is 9. The highest BCUT2D eigenvalue weighted by molar-refractivity contribution is 5.82. The molecule has 0 aromatic carbocycles. The third kappa shape index (κ3) is 35.7. The van der Waals surface area contributed by atoms with Gasteiger partial charge in [-0.05, 0) is 18.8 Å². The van der Waals surface area contributed by atoms with E-state index >= 15 is 0 Å². The van der Waals surface area contributed by atoms with Crippen LogP contribution >= 0.6 is 0 Å². The third-order valence-corrected chi connectivity index (χ3v) is 8.42. The van der Waals surface area contributed by atoms with E-state index in [-0.39, 0.29) is 139 Å². The molecule has 0 rings (SSSR count). The van der Waals surface area contributed by atoms with E-state index in [4.69, 9.17) is 14.2 Å². The van der Waals surface area contributed by atoms with Crippen LogP contribution in [0.1, 0.15) is 137 Å². The topological polar surface area (TPSA) is 253 Å². The van der Waals surface area contributed by atoms with Gasteiger partial charge in [-0.15, -0.1) is 0 Å². The lowest BCUT2D eigenvalue weighted by Crippen LogP contribution is -2.51. The molecule has 18 heteroatoms. The summed E-state index contributed by atoms with van der Waals surface area (Å²) in [6.07, 6.45) is 0.110. The van der Waals surface area contributed by atoms with Crippen LogP contribution in [0.2, 0.25) is 0 Å². The highest BCUT2D eigenvalue weighted by atomic mass is 16.6. The minimum absolute atomic E-state index is 0.0472. The lowest BCUT2D eigenvalue weighted by molar-refractivity contribution is -0.170. The molecule has 0 saturated carbocycles. The lowest BCUT2D eigenvalue weighted by atomic mass is 10.1. The molecule has 0 spiro atoms. The zero-order chi connectivity index (χ0) is 50.3. The van der Waals surface area contributed by atoms with Gasteiger partial charge in [0.25, 0.3) is 0 Å². The predicted molar refractivity (Wildman–Crippen MR) is 246 cm³/mol. The molecular weight excluding hydrogens is 829 g/mol. The monoisotopic (exact) mass is 915 g/mol. The molecule has 3 atom stereocenters.